The van der Waals surface area contributed by atoms with E-state index in [0.29, 0.717) is 11.7 Å². The third-order valence-electron chi connectivity index (χ3n) is 5.11. The molecule has 3 nitrogen and oxygen atoms in total. The molecule has 1 amide bonds. The minimum atomic E-state index is 0.186. The Kier molecular flexibility index (Phi) is 3.68. The molecule has 1 aromatic carbocycles. The van der Waals surface area contributed by atoms with Crippen LogP contribution in [0.25, 0.3) is 0 Å². The number of benzene rings is 1. The standard InChI is InChI=1S/C17H24N2O/c1-12-14(8-4-9-15(12)18)17(20)19-11-5-7-13-6-2-3-10-16(13)19/h4,8-9,13,16H,2-3,5-7,10-11,18H2,1H3. The monoisotopic (exact) mass is 272 g/mol. The molecule has 2 atom stereocenters. The topological polar surface area (TPSA) is 46.3 Å². The summed E-state index contributed by atoms with van der Waals surface area (Å²) in [4.78, 5) is 15.0. The van der Waals surface area contributed by atoms with Gasteiger partial charge < -0.3 is 10.6 Å². The molecule has 3 rings (SSSR count). The number of likely N-dealkylation sites (tertiary alicyclic amines) is 1. The molecule has 2 aliphatic rings. The maximum atomic E-state index is 12.9. The summed E-state index contributed by atoms with van der Waals surface area (Å²) < 4.78 is 0. The molecule has 3 heteroatoms. The van der Waals surface area contributed by atoms with Gasteiger partial charge in [-0.3, -0.25) is 4.79 Å². The average Bonchev–Trinajstić information content (AvgIpc) is 2.49. The lowest BCUT2D eigenvalue weighted by Crippen LogP contribution is -2.49. The lowest BCUT2D eigenvalue weighted by Gasteiger charge is -2.44. The summed E-state index contributed by atoms with van der Waals surface area (Å²) in [6, 6.07) is 6.13. The van der Waals surface area contributed by atoms with Crippen molar-refractivity contribution in [3.05, 3.63) is 29.3 Å². The zero-order valence-electron chi connectivity index (χ0n) is 12.3. The molecular formula is C17H24N2O. The lowest BCUT2D eigenvalue weighted by atomic mass is 9.78. The van der Waals surface area contributed by atoms with Crippen LogP contribution in [0.15, 0.2) is 18.2 Å². The Morgan fingerprint density at radius 3 is 2.80 bits per heavy atom. The highest BCUT2D eigenvalue weighted by Gasteiger charge is 2.36. The number of nitrogens with zero attached hydrogens (tertiary/aromatic N) is 1. The maximum absolute atomic E-state index is 12.9. The first-order valence-corrected chi connectivity index (χ1v) is 7.84. The van der Waals surface area contributed by atoms with Crippen molar-refractivity contribution in [2.45, 2.75) is 51.5 Å². The van der Waals surface area contributed by atoms with E-state index in [1.54, 1.807) is 0 Å². The lowest BCUT2D eigenvalue weighted by molar-refractivity contribution is 0.0390. The number of hydrogen-bond donors (Lipinski definition) is 1. The zero-order chi connectivity index (χ0) is 14.1. The fraction of sp³-hybridized carbons (Fsp3) is 0.588. The smallest absolute Gasteiger partial charge is 0.254 e. The van der Waals surface area contributed by atoms with Gasteiger partial charge in [-0.05, 0) is 56.2 Å². The van der Waals surface area contributed by atoms with Crippen molar-refractivity contribution in [2.24, 2.45) is 5.92 Å². The summed E-state index contributed by atoms with van der Waals surface area (Å²) in [5, 5.41) is 0. The summed E-state index contributed by atoms with van der Waals surface area (Å²) in [5.74, 6) is 0.911. The van der Waals surface area contributed by atoms with E-state index >= 15 is 0 Å². The predicted octanol–water partition coefficient (Wildman–Crippen LogP) is 3.37. The van der Waals surface area contributed by atoms with Gasteiger partial charge in [0.05, 0.1) is 0 Å². The van der Waals surface area contributed by atoms with Crippen LogP contribution in [0.3, 0.4) is 0 Å². The molecule has 1 aromatic rings. The first-order chi connectivity index (χ1) is 9.68. The number of carbonyl (C=O) groups excluding carboxylic acids is 1. The van der Waals surface area contributed by atoms with Crippen molar-refractivity contribution in [1.29, 1.82) is 0 Å². The van der Waals surface area contributed by atoms with Gasteiger partial charge >= 0.3 is 0 Å². The van der Waals surface area contributed by atoms with Gasteiger partial charge in [-0.2, -0.15) is 0 Å². The van der Waals surface area contributed by atoms with Crippen LogP contribution in [-0.4, -0.2) is 23.4 Å². The fourth-order valence-corrected chi connectivity index (χ4v) is 3.92. The number of piperidine rings is 1. The summed E-state index contributed by atoms with van der Waals surface area (Å²) in [6.07, 6.45) is 7.52. The number of rotatable bonds is 1. The Bertz CT molecular complexity index is 510. The van der Waals surface area contributed by atoms with E-state index in [-0.39, 0.29) is 5.91 Å². The molecule has 1 saturated heterocycles. The van der Waals surface area contributed by atoms with Gasteiger partial charge in [0.25, 0.3) is 5.91 Å². The minimum absolute atomic E-state index is 0.186. The van der Waals surface area contributed by atoms with E-state index in [0.717, 1.165) is 30.0 Å². The SMILES string of the molecule is Cc1c(N)cccc1C(=O)N1CCCC2CCCCC21. The van der Waals surface area contributed by atoms with Gasteiger partial charge in [-0.15, -0.1) is 0 Å². The third-order valence-corrected chi connectivity index (χ3v) is 5.11. The molecule has 20 heavy (non-hydrogen) atoms. The van der Waals surface area contributed by atoms with E-state index in [1.807, 2.05) is 25.1 Å². The quantitative estimate of drug-likeness (QED) is 0.797. The van der Waals surface area contributed by atoms with Crippen molar-refractivity contribution in [1.82, 2.24) is 4.90 Å². The van der Waals surface area contributed by atoms with Crippen LogP contribution < -0.4 is 5.73 Å². The molecule has 1 aliphatic carbocycles. The van der Waals surface area contributed by atoms with Gasteiger partial charge in [0, 0.05) is 23.8 Å². The second-order valence-corrected chi connectivity index (χ2v) is 6.27. The van der Waals surface area contributed by atoms with E-state index in [1.165, 1.54) is 32.1 Å². The first-order valence-electron chi connectivity index (χ1n) is 7.84. The summed E-state index contributed by atoms with van der Waals surface area (Å²) >= 11 is 0. The third kappa shape index (κ3) is 2.30. The molecule has 2 fully saturated rings. The number of carbonyl (C=O) groups is 1. The van der Waals surface area contributed by atoms with Gasteiger partial charge in [0.15, 0.2) is 0 Å². The number of anilines is 1. The van der Waals surface area contributed by atoms with Crippen LogP contribution in [0.5, 0.6) is 0 Å². The molecule has 0 spiro atoms. The fourth-order valence-electron chi connectivity index (χ4n) is 3.92. The van der Waals surface area contributed by atoms with Gasteiger partial charge in [-0.1, -0.05) is 18.9 Å². The molecule has 1 aliphatic heterocycles. The maximum Gasteiger partial charge on any atom is 0.254 e. The van der Waals surface area contributed by atoms with Crippen molar-refractivity contribution in [2.75, 3.05) is 12.3 Å². The van der Waals surface area contributed by atoms with Gasteiger partial charge in [-0.25, -0.2) is 0 Å². The van der Waals surface area contributed by atoms with Crippen molar-refractivity contribution < 1.29 is 4.79 Å². The summed E-state index contributed by atoms with van der Waals surface area (Å²) in [5.41, 5.74) is 8.38. The number of amides is 1. The number of nitrogens with two attached hydrogens (primary N) is 1. The minimum Gasteiger partial charge on any atom is -0.398 e. The molecule has 1 saturated carbocycles. The Labute approximate surface area is 121 Å². The first kappa shape index (κ1) is 13.5. The van der Waals surface area contributed by atoms with Crippen LogP contribution >= 0.6 is 0 Å². The molecule has 0 aromatic heterocycles. The number of hydrogen-bond acceptors (Lipinski definition) is 2. The van der Waals surface area contributed by atoms with Crippen molar-refractivity contribution >= 4 is 11.6 Å². The Morgan fingerprint density at radius 2 is 1.95 bits per heavy atom. The van der Waals surface area contributed by atoms with Crippen LogP contribution in [0, 0.1) is 12.8 Å². The van der Waals surface area contributed by atoms with Gasteiger partial charge in [0.1, 0.15) is 0 Å². The van der Waals surface area contributed by atoms with E-state index in [4.69, 9.17) is 5.73 Å². The zero-order valence-corrected chi connectivity index (χ0v) is 12.3. The Morgan fingerprint density at radius 1 is 1.20 bits per heavy atom. The molecule has 2 unspecified atom stereocenters. The normalized spacial score (nSPS) is 26.1. The predicted molar refractivity (Wildman–Crippen MR) is 81.6 cm³/mol. The van der Waals surface area contributed by atoms with E-state index < -0.39 is 0 Å². The molecule has 108 valence electrons. The highest BCUT2D eigenvalue weighted by molar-refractivity contribution is 5.97. The molecule has 0 radical (unpaired) electrons. The largest absolute Gasteiger partial charge is 0.398 e. The van der Waals surface area contributed by atoms with Crippen LogP contribution in [0.4, 0.5) is 5.69 Å². The number of nitrogen functional groups attached to an aromatic ring is 1. The van der Waals surface area contributed by atoms with Crippen molar-refractivity contribution in [3.63, 3.8) is 0 Å². The van der Waals surface area contributed by atoms with Crippen LogP contribution in [-0.2, 0) is 0 Å². The molecule has 1 heterocycles. The average molecular weight is 272 g/mol. The summed E-state index contributed by atoms with van der Waals surface area (Å²) in [6.45, 7) is 2.86. The van der Waals surface area contributed by atoms with Crippen molar-refractivity contribution in [3.8, 4) is 0 Å². The highest BCUT2D eigenvalue weighted by atomic mass is 16.2. The van der Waals surface area contributed by atoms with Crippen LogP contribution in [0.1, 0.15) is 54.4 Å². The molecule has 0 bridgehead atoms. The highest BCUT2D eigenvalue weighted by Crippen LogP contribution is 2.36. The summed E-state index contributed by atoms with van der Waals surface area (Å²) in [7, 11) is 0. The second kappa shape index (κ2) is 5.47. The number of fused-ring (bicyclic) bond motifs is 1. The Balaban J connectivity index is 1.87. The molecular weight excluding hydrogens is 248 g/mol. The second-order valence-electron chi connectivity index (χ2n) is 6.27. The molecule has 2 N–H and O–H groups in total. The van der Waals surface area contributed by atoms with E-state index in [9.17, 15) is 4.79 Å². The Hall–Kier alpha value is -1.51. The van der Waals surface area contributed by atoms with Gasteiger partial charge in [0.2, 0.25) is 0 Å². The van der Waals surface area contributed by atoms with Crippen LogP contribution in [0.2, 0.25) is 0 Å². The van der Waals surface area contributed by atoms with E-state index in [2.05, 4.69) is 4.90 Å².